The molecule has 1 saturated heterocycles. The molecule has 4 rings (SSSR count). The van der Waals surface area contributed by atoms with Crippen molar-refractivity contribution in [2.24, 2.45) is 0 Å². The van der Waals surface area contributed by atoms with Crippen LogP contribution in [0.3, 0.4) is 0 Å². The largest absolute Gasteiger partial charge is 0.367 e. The number of likely N-dealkylation sites (tertiary alicyclic amines) is 1. The summed E-state index contributed by atoms with van der Waals surface area (Å²) >= 11 is 0. The summed E-state index contributed by atoms with van der Waals surface area (Å²) in [5.41, 5.74) is 4.21. The van der Waals surface area contributed by atoms with Gasteiger partial charge in [0.05, 0.1) is 5.39 Å². The third-order valence-electron chi connectivity index (χ3n) is 4.99. The zero-order valence-corrected chi connectivity index (χ0v) is 15.3. The zero-order valence-electron chi connectivity index (χ0n) is 15.3. The first kappa shape index (κ1) is 16.8. The lowest BCUT2D eigenvalue weighted by Gasteiger charge is -2.32. The molecule has 0 aromatic carbocycles. The SMILES string of the molecule is Cc1cc(C)c2c(NC3CCN(Cc4cccnc4)CC3)ncnc2n1. The van der Waals surface area contributed by atoms with E-state index in [4.69, 9.17) is 0 Å². The number of pyridine rings is 2. The van der Waals surface area contributed by atoms with Gasteiger partial charge in [-0.2, -0.15) is 0 Å². The second-order valence-electron chi connectivity index (χ2n) is 7.06. The third kappa shape index (κ3) is 3.65. The van der Waals surface area contributed by atoms with Crippen molar-refractivity contribution < 1.29 is 0 Å². The normalized spacial score (nSPS) is 16.1. The van der Waals surface area contributed by atoms with Crippen molar-refractivity contribution in [1.82, 2.24) is 24.8 Å². The molecule has 134 valence electrons. The fourth-order valence-corrected chi connectivity index (χ4v) is 3.70. The number of hydrogen-bond acceptors (Lipinski definition) is 6. The van der Waals surface area contributed by atoms with Gasteiger partial charge in [0.1, 0.15) is 12.1 Å². The molecule has 0 bridgehead atoms. The highest BCUT2D eigenvalue weighted by Crippen LogP contribution is 2.25. The third-order valence-corrected chi connectivity index (χ3v) is 4.99. The van der Waals surface area contributed by atoms with Crippen LogP contribution < -0.4 is 5.32 Å². The molecule has 1 fully saturated rings. The maximum Gasteiger partial charge on any atom is 0.165 e. The number of piperidine rings is 1. The highest BCUT2D eigenvalue weighted by Gasteiger charge is 2.20. The van der Waals surface area contributed by atoms with Crippen LogP contribution in [0.4, 0.5) is 5.82 Å². The van der Waals surface area contributed by atoms with Crippen LogP contribution in [-0.4, -0.2) is 44.0 Å². The Hall–Kier alpha value is -2.60. The molecule has 6 heteroatoms. The van der Waals surface area contributed by atoms with Gasteiger partial charge in [0.2, 0.25) is 0 Å². The van der Waals surface area contributed by atoms with Crippen LogP contribution in [0.25, 0.3) is 11.0 Å². The molecule has 3 aromatic heterocycles. The topological polar surface area (TPSA) is 66.8 Å². The second kappa shape index (κ2) is 7.33. The highest BCUT2D eigenvalue weighted by molar-refractivity contribution is 5.89. The van der Waals surface area contributed by atoms with Gasteiger partial charge in [-0.25, -0.2) is 15.0 Å². The minimum absolute atomic E-state index is 0.430. The van der Waals surface area contributed by atoms with Crippen LogP contribution >= 0.6 is 0 Å². The Kier molecular flexibility index (Phi) is 4.75. The molecule has 26 heavy (non-hydrogen) atoms. The van der Waals surface area contributed by atoms with E-state index in [0.29, 0.717) is 6.04 Å². The van der Waals surface area contributed by atoms with E-state index in [9.17, 15) is 0 Å². The van der Waals surface area contributed by atoms with Crippen molar-refractivity contribution in [2.75, 3.05) is 18.4 Å². The average molecular weight is 348 g/mol. The first-order chi connectivity index (χ1) is 12.7. The lowest BCUT2D eigenvalue weighted by molar-refractivity contribution is 0.211. The first-order valence-electron chi connectivity index (χ1n) is 9.16. The quantitative estimate of drug-likeness (QED) is 0.781. The molecular formula is C20H24N6. The number of hydrogen-bond donors (Lipinski definition) is 1. The summed E-state index contributed by atoms with van der Waals surface area (Å²) in [5.74, 6) is 0.908. The molecule has 1 aliphatic heterocycles. The minimum atomic E-state index is 0.430. The summed E-state index contributed by atoms with van der Waals surface area (Å²) in [5, 5.41) is 4.68. The molecule has 0 saturated carbocycles. The fourth-order valence-electron chi connectivity index (χ4n) is 3.70. The molecule has 1 aliphatic rings. The van der Waals surface area contributed by atoms with E-state index in [1.54, 1.807) is 6.33 Å². The summed E-state index contributed by atoms with van der Waals surface area (Å²) in [4.78, 5) is 20.1. The van der Waals surface area contributed by atoms with Crippen molar-refractivity contribution in [3.63, 3.8) is 0 Å². The maximum atomic E-state index is 4.54. The van der Waals surface area contributed by atoms with Gasteiger partial charge in [-0.3, -0.25) is 9.88 Å². The van der Waals surface area contributed by atoms with E-state index < -0.39 is 0 Å². The summed E-state index contributed by atoms with van der Waals surface area (Å²) in [6.07, 6.45) is 7.58. The average Bonchev–Trinajstić information content (AvgIpc) is 2.64. The van der Waals surface area contributed by atoms with E-state index >= 15 is 0 Å². The standard InChI is InChI=1S/C20H24N6/c1-14-10-15(2)24-19-18(14)20(23-13-22-19)25-17-5-8-26(9-6-17)12-16-4-3-7-21-11-16/h3-4,7,10-11,13,17H,5-6,8-9,12H2,1-2H3,(H,22,23,24,25). The molecule has 4 heterocycles. The molecule has 3 aromatic rings. The Morgan fingerprint density at radius 3 is 2.81 bits per heavy atom. The van der Waals surface area contributed by atoms with E-state index in [1.807, 2.05) is 25.4 Å². The molecular weight excluding hydrogens is 324 g/mol. The van der Waals surface area contributed by atoms with Gasteiger partial charge in [0, 0.05) is 43.8 Å². The molecule has 0 atom stereocenters. The maximum absolute atomic E-state index is 4.54. The Labute approximate surface area is 153 Å². The van der Waals surface area contributed by atoms with Crippen LogP contribution in [0.1, 0.15) is 29.7 Å². The Morgan fingerprint density at radius 1 is 1.19 bits per heavy atom. The molecule has 0 unspecified atom stereocenters. The first-order valence-corrected chi connectivity index (χ1v) is 9.16. The smallest absolute Gasteiger partial charge is 0.165 e. The van der Waals surface area contributed by atoms with Gasteiger partial charge in [-0.1, -0.05) is 6.07 Å². The van der Waals surface area contributed by atoms with Gasteiger partial charge in [-0.05, 0) is 49.9 Å². The second-order valence-corrected chi connectivity index (χ2v) is 7.06. The van der Waals surface area contributed by atoms with Crippen LogP contribution in [0.5, 0.6) is 0 Å². The number of fused-ring (bicyclic) bond motifs is 1. The van der Waals surface area contributed by atoms with Crippen LogP contribution in [0.15, 0.2) is 36.9 Å². The van der Waals surface area contributed by atoms with E-state index in [0.717, 1.165) is 55.0 Å². The molecule has 0 aliphatic carbocycles. The summed E-state index contributed by atoms with van der Waals surface area (Å²) in [7, 11) is 0. The Morgan fingerprint density at radius 2 is 2.04 bits per heavy atom. The van der Waals surface area contributed by atoms with Crippen molar-refractivity contribution >= 4 is 16.9 Å². The fraction of sp³-hybridized carbons (Fsp3) is 0.400. The minimum Gasteiger partial charge on any atom is -0.367 e. The molecule has 0 amide bonds. The van der Waals surface area contributed by atoms with E-state index in [1.165, 1.54) is 11.1 Å². The molecule has 6 nitrogen and oxygen atoms in total. The van der Waals surface area contributed by atoms with Crippen LogP contribution in [0.2, 0.25) is 0 Å². The number of nitrogens with zero attached hydrogens (tertiary/aromatic N) is 5. The predicted molar refractivity (Wildman–Crippen MR) is 103 cm³/mol. The van der Waals surface area contributed by atoms with Gasteiger partial charge in [-0.15, -0.1) is 0 Å². The van der Waals surface area contributed by atoms with Crippen LogP contribution in [-0.2, 0) is 6.54 Å². The van der Waals surface area contributed by atoms with Crippen molar-refractivity contribution in [3.8, 4) is 0 Å². The lowest BCUT2D eigenvalue weighted by Crippen LogP contribution is -2.38. The van der Waals surface area contributed by atoms with Crippen molar-refractivity contribution in [3.05, 3.63) is 53.7 Å². The summed E-state index contributed by atoms with van der Waals surface area (Å²) in [6, 6.07) is 6.66. The molecule has 0 spiro atoms. The number of anilines is 1. The number of nitrogens with one attached hydrogen (secondary N) is 1. The van der Waals surface area contributed by atoms with Gasteiger partial charge < -0.3 is 5.32 Å². The van der Waals surface area contributed by atoms with Gasteiger partial charge >= 0.3 is 0 Å². The molecule has 1 N–H and O–H groups in total. The number of aromatic nitrogens is 4. The van der Waals surface area contributed by atoms with E-state index in [-0.39, 0.29) is 0 Å². The van der Waals surface area contributed by atoms with Crippen molar-refractivity contribution in [2.45, 2.75) is 39.3 Å². The highest BCUT2D eigenvalue weighted by atomic mass is 15.2. The lowest BCUT2D eigenvalue weighted by atomic mass is 10.0. The van der Waals surface area contributed by atoms with Gasteiger partial charge in [0.15, 0.2) is 5.65 Å². The van der Waals surface area contributed by atoms with Gasteiger partial charge in [0.25, 0.3) is 0 Å². The number of rotatable bonds is 4. The molecule has 0 radical (unpaired) electrons. The Bertz CT molecular complexity index is 887. The number of aryl methyl sites for hydroxylation is 2. The zero-order chi connectivity index (χ0) is 17.9. The van der Waals surface area contributed by atoms with E-state index in [2.05, 4.69) is 49.2 Å². The predicted octanol–water partition coefficient (Wildman–Crippen LogP) is 3.11. The summed E-state index contributed by atoms with van der Waals surface area (Å²) < 4.78 is 0. The van der Waals surface area contributed by atoms with Crippen LogP contribution in [0, 0.1) is 13.8 Å². The van der Waals surface area contributed by atoms with Crippen molar-refractivity contribution in [1.29, 1.82) is 0 Å². The summed E-state index contributed by atoms with van der Waals surface area (Å²) in [6.45, 7) is 7.22. The monoisotopic (exact) mass is 348 g/mol. The Balaban J connectivity index is 1.43.